The van der Waals surface area contributed by atoms with E-state index in [1.807, 2.05) is 20.8 Å². The number of hydrogen-bond donors (Lipinski definition) is 6. The van der Waals surface area contributed by atoms with Gasteiger partial charge in [-0.25, -0.2) is 0 Å². The lowest BCUT2D eigenvalue weighted by molar-refractivity contribution is -0.365. The molecule has 0 amide bonds. The van der Waals surface area contributed by atoms with E-state index in [1.54, 1.807) is 6.92 Å². The second-order valence-corrected chi connectivity index (χ2v) is 8.41. The molecular weight excluding hydrogens is 428 g/mol. The Labute approximate surface area is 188 Å². The molecule has 2 rings (SSSR count). The fourth-order valence-corrected chi connectivity index (χ4v) is 3.86. The summed E-state index contributed by atoms with van der Waals surface area (Å²) in [5.74, 6) is 0. The van der Waals surface area contributed by atoms with Gasteiger partial charge in [0.2, 0.25) is 0 Å². The molecule has 11 atom stereocenters. The van der Waals surface area contributed by atoms with Crippen molar-refractivity contribution >= 4 is 0 Å². The minimum atomic E-state index is -1.57. The highest BCUT2D eigenvalue weighted by molar-refractivity contribution is 4.95. The molecule has 0 saturated carbocycles. The van der Waals surface area contributed by atoms with E-state index in [-0.39, 0.29) is 12.2 Å². The second kappa shape index (κ2) is 12.9. The Morgan fingerprint density at radius 1 is 0.688 bits per heavy atom. The zero-order valence-corrected chi connectivity index (χ0v) is 19.2. The number of aliphatic hydroxyl groups excluding tert-OH is 6. The maximum absolute atomic E-state index is 10.7. The Kier molecular flexibility index (Phi) is 11.2. The minimum absolute atomic E-state index is 0.204. The van der Waals surface area contributed by atoms with E-state index in [2.05, 4.69) is 0 Å². The molecule has 2 heterocycles. The molecule has 0 spiro atoms. The quantitative estimate of drug-likeness (QED) is 0.212. The Morgan fingerprint density at radius 2 is 1.19 bits per heavy atom. The molecule has 32 heavy (non-hydrogen) atoms. The number of rotatable bonds is 11. The molecule has 2 fully saturated rings. The van der Waals surface area contributed by atoms with Crippen LogP contribution >= 0.6 is 0 Å². The van der Waals surface area contributed by atoms with Gasteiger partial charge in [-0.3, -0.25) is 0 Å². The van der Waals surface area contributed by atoms with Gasteiger partial charge < -0.3 is 54.3 Å². The summed E-state index contributed by atoms with van der Waals surface area (Å²) in [5.41, 5.74) is 0. The molecule has 2 saturated heterocycles. The van der Waals surface area contributed by atoms with Gasteiger partial charge in [0, 0.05) is 0 Å². The van der Waals surface area contributed by atoms with Crippen LogP contribution in [0.5, 0.6) is 0 Å². The summed E-state index contributed by atoms with van der Waals surface area (Å²) in [7, 11) is 0. The molecule has 0 radical (unpaired) electrons. The number of ether oxygens (including phenoxy) is 5. The van der Waals surface area contributed by atoms with Gasteiger partial charge >= 0.3 is 0 Å². The van der Waals surface area contributed by atoms with E-state index in [0.717, 1.165) is 0 Å². The van der Waals surface area contributed by atoms with Gasteiger partial charge in [0.25, 0.3) is 0 Å². The van der Waals surface area contributed by atoms with E-state index in [9.17, 15) is 30.6 Å². The van der Waals surface area contributed by atoms with Crippen molar-refractivity contribution in [2.45, 2.75) is 121 Å². The van der Waals surface area contributed by atoms with E-state index in [0.29, 0.717) is 19.3 Å². The molecule has 10 unspecified atom stereocenters. The van der Waals surface area contributed by atoms with Crippen LogP contribution in [-0.4, -0.2) is 117 Å². The number of hydrogen-bond acceptors (Lipinski definition) is 11. The van der Waals surface area contributed by atoms with Crippen LogP contribution in [0.15, 0.2) is 0 Å². The van der Waals surface area contributed by atoms with Gasteiger partial charge in [0.1, 0.15) is 48.8 Å². The highest BCUT2D eigenvalue weighted by Crippen LogP contribution is 2.31. The zero-order chi connectivity index (χ0) is 24.0. The normalized spacial score (nSPS) is 41.7. The molecular formula is C21H40O11. The van der Waals surface area contributed by atoms with E-state index < -0.39 is 74.6 Å². The molecule has 2 aliphatic rings. The molecule has 0 aromatic carbocycles. The van der Waals surface area contributed by atoms with Gasteiger partial charge in [-0.15, -0.1) is 0 Å². The van der Waals surface area contributed by atoms with Crippen LogP contribution in [-0.2, 0) is 23.7 Å². The second-order valence-electron chi connectivity index (χ2n) is 8.41. The topological polar surface area (TPSA) is 168 Å². The van der Waals surface area contributed by atoms with Crippen LogP contribution in [0.2, 0.25) is 0 Å². The first kappa shape index (κ1) is 27.8. The van der Waals surface area contributed by atoms with Gasteiger partial charge in [-0.2, -0.15) is 0 Å². The third kappa shape index (κ3) is 6.36. The van der Waals surface area contributed by atoms with Crippen LogP contribution in [0.1, 0.15) is 47.0 Å². The van der Waals surface area contributed by atoms with Crippen LogP contribution in [0.25, 0.3) is 0 Å². The standard InChI is InChI=1S/C21H40O11/c1-5-10(4)28-18-12(8-22)31-21(17(27)14(18)24)32-19-13(9-23)30-20(16(26)15(19)25)29-11(6-2)7-3/h10-27H,5-9H2,1-4H3/t10-,12?,13?,14?,15?,16?,17?,18?,19?,20?,21?/m1/s1. The maximum atomic E-state index is 10.7. The van der Waals surface area contributed by atoms with Crippen molar-refractivity contribution in [3.8, 4) is 0 Å². The van der Waals surface area contributed by atoms with Crippen molar-refractivity contribution in [3.05, 3.63) is 0 Å². The summed E-state index contributed by atoms with van der Waals surface area (Å²) in [6, 6.07) is 0. The summed E-state index contributed by atoms with van der Waals surface area (Å²) in [6.07, 6.45) is -11.5. The highest BCUT2D eigenvalue weighted by atomic mass is 16.7. The molecule has 6 N–H and O–H groups in total. The van der Waals surface area contributed by atoms with Gasteiger partial charge in [-0.1, -0.05) is 20.8 Å². The summed E-state index contributed by atoms with van der Waals surface area (Å²) in [5, 5.41) is 61.8. The average molecular weight is 469 g/mol. The molecule has 11 nitrogen and oxygen atoms in total. The van der Waals surface area contributed by atoms with Crippen molar-refractivity contribution in [2.75, 3.05) is 13.2 Å². The molecule has 0 bridgehead atoms. The summed E-state index contributed by atoms with van der Waals surface area (Å²) >= 11 is 0. The largest absolute Gasteiger partial charge is 0.394 e. The molecule has 2 aliphatic heterocycles. The van der Waals surface area contributed by atoms with Crippen LogP contribution < -0.4 is 0 Å². The van der Waals surface area contributed by atoms with Crippen LogP contribution in [0.4, 0.5) is 0 Å². The predicted molar refractivity (Wildman–Crippen MR) is 110 cm³/mol. The average Bonchev–Trinajstić information content (AvgIpc) is 2.80. The Balaban J connectivity index is 2.11. The Bertz CT molecular complexity index is 530. The first-order valence-corrected chi connectivity index (χ1v) is 11.4. The lowest BCUT2D eigenvalue weighted by Crippen LogP contribution is -2.65. The summed E-state index contributed by atoms with van der Waals surface area (Å²) < 4.78 is 28.3. The van der Waals surface area contributed by atoms with Crippen molar-refractivity contribution in [1.29, 1.82) is 0 Å². The fourth-order valence-electron chi connectivity index (χ4n) is 3.86. The smallest absolute Gasteiger partial charge is 0.187 e. The highest BCUT2D eigenvalue weighted by Gasteiger charge is 2.51. The lowest BCUT2D eigenvalue weighted by atomic mass is 9.96. The molecule has 0 aromatic heterocycles. The predicted octanol–water partition coefficient (Wildman–Crippen LogP) is -1.36. The summed E-state index contributed by atoms with van der Waals surface area (Å²) in [4.78, 5) is 0. The Morgan fingerprint density at radius 3 is 1.72 bits per heavy atom. The molecule has 0 aromatic rings. The zero-order valence-electron chi connectivity index (χ0n) is 19.2. The van der Waals surface area contributed by atoms with Crippen molar-refractivity contribution in [3.63, 3.8) is 0 Å². The van der Waals surface area contributed by atoms with E-state index in [1.165, 1.54) is 0 Å². The third-order valence-electron chi connectivity index (χ3n) is 6.13. The summed E-state index contributed by atoms with van der Waals surface area (Å²) in [6.45, 7) is 6.44. The van der Waals surface area contributed by atoms with Crippen LogP contribution in [0, 0.1) is 0 Å². The third-order valence-corrected chi connectivity index (χ3v) is 6.13. The van der Waals surface area contributed by atoms with E-state index >= 15 is 0 Å². The first-order chi connectivity index (χ1) is 15.2. The SMILES string of the molecule is CCC(CC)OC1OC(CO)C(OC2OC(CO)C(O[C@H](C)CC)C(O)C2O)C(O)C1O. The monoisotopic (exact) mass is 468 g/mol. The number of aliphatic hydroxyl groups is 6. The van der Waals surface area contributed by atoms with Crippen LogP contribution in [0.3, 0.4) is 0 Å². The van der Waals surface area contributed by atoms with Crippen molar-refractivity contribution < 1.29 is 54.3 Å². The maximum Gasteiger partial charge on any atom is 0.187 e. The first-order valence-electron chi connectivity index (χ1n) is 11.4. The lowest BCUT2D eigenvalue weighted by Gasteiger charge is -2.47. The fraction of sp³-hybridized carbons (Fsp3) is 1.00. The van der Waals surface area contributed by atoms with Crippen molar-refractivity contribution in [2.24, 2.45) is 0 Å². The molecule has 0 aliphatic carbocycles. The van der Waals surface area contributed by atoms with Crippen molar-refractivity contribution in [1.82, 2.24) is 0 Å². The van der Waals surface area contributed by atoms with Gasteiger partial charge in [-0.05, 0) is 26.2 Å². The van der Waals surface area contributed by atoms with Gasteiger partial charge in [0.05, 0.1) is 25.4 Å². The minimum Gasteiger partial charge on any atom is -0.394 e. The molecule has 11 heteroatoms. The van der Waals surface area contributed by atoms with Gasteiger partial charge in [0.15, 0.2) is 12.6 Å². The Hall–Kier alpha value is -0.440. The van der Waals surface area contributed by atoms with E-state index in [4.69, 9.17) is 23.7 Å². The molecule has 190 valence electrons.